The van der Waals surface area contributed by atoms with Crippen LogP contribution in [0.4, 0.5) is 0 Å². The molecule has 0 amide bonds. The summed E-state index contributed by atoms with van der Waals surface area (Å²) in [6.45, 7) is 6.97. The fraction of sp³-hybridized carbons (Fsp3) is 1.00. The maximum absolute atomic E-state index is 10.4. The largest absolute Gasteiger partial charge is 0.469 e. The Bertz CT molecular complexity index is 370. The first-order valence-corrected chi connectivity index (χ1v) is 16.2. The number of phosphoric ester groups is 1. The maximum atomic E-state index is 10.4. The number of hydrogen-bond acceptors (Lipinski definition) is 2. The van der Waals surface area contributed by atoms with Gasteiger partial charge in [-0.1, -0.05) is 168 Å². The molecule has 0 bridgehead atoms. The summed E-state index contributed by atoms with van der Waals surface area (Å²) >= 11 is 0. The summed E-state index contributed by atoms with van der Waals surface area (Å²) in [5.41, 5.74) is 0. The molecule has 0 spiro atoms. The van der Waals surface area contributed by atoms with Crippen molar-refractivity contribution in [3.8, 4) is 0 Å². The second kappa shape index (κ2) is 30.1. The van der Waals surface area contributed by atoms with Crippen molar-refractivity contribution in [3.63, 3.8) is 0 Å². The molecule has 0 aliphatic carbocycles. The molecule has 2 N–H and O–H groups in total. The summed E-state index contributed by atoms with van der Waals surface area (Å²) in [5, 5.41) is 0. The van der Waals surface area contributed by atoms with Gasteiger partial charge in [-0.3, -0.25) is 4.52 Å². The van der Waals surface area contributed by atoms with E-state index in [4.69, 9.17) is 9.79 Å². The lowest BCUT2D eigenvalue weighted by molar-refractivity contribution is 0.193. The smallest absolute Gasteiger partial charge is 0.303 e. The summed E-state index contributed by atoms with van der Waals surface area (Å²) in [6, 6.07) is 0. The van der Waals surface area contributed by atoms with Crippen LogP contribution in [0.3, 0.4) is 0 Å². The van der Waals surface area contributed by atoms with Gasteiger partial charge in [0.25, 0.3) is 0 Å². The average molecular weight is 493 g/mol. The van der Waals surface area contributed by atoms with E-state index in [1.54, 1.807) is 0 Å². The third-order valence-electron chi connectivity index (χ3n) is 6.21. The van der Waals surface area contributed by atoms with Crippen LogP contribution in [0.5, 0.6) is 0 Å². The van der Waals surface area contributed by atoms with E-state index < -0.39 is 7.82 Å². The molecule has 202 valence electrons. The quantitative estimate of drug-likeness (QED) is 0.0982. The molecule has 0 aliphatic heterocycles. The van der Waals surface area contributed by atoms with Crippen LogP contribution in [0, 0.1) is 0 Å². The van der Waals surface area contributed by atoms with E-state index in [0.29, 0.717) is 0 Å². The Morgan fingerprint density at radius 2 is 0.636 bits per heavy atom. The van der Waals surface area contributed by atoms with Gasteiger partial charge < -0.3 is 9.79 Å². The van der Waals surface area contributed by atoms with E-state index in [9.17, 15) is 4.57 Å². The van der Waals surface area contributed by atoms with Gasteiger partial charge in [-0.2, -0.15) is 0 Å². The summed E-state index contributed by atoms with van der Waals surface area (Å²) < 4.78 is 14.7. The van der Waals surface area contributed by atoms with Crippen LogP contribution in [0.25, 0.3) is 0 Å². The number of rotatable bonds is 25. The molecule has 0 heterocycles. The molecule has 0 unspecified atom stereocenters. The fourth-order valence-corrected chi connectivity index (χ4v) is 4.41. The minimum atomic E-state index is -4.24. The first kappa shape index (κ1) is 35.3. The third kappa shape index (κ3) is 39.6. The Morgan fingerprint density at radius 3 is 0.848 bits per heavy atom. The summed E-state index contributed by atoms with van der Waals surface area (Å²) in [7, 11) is -4.24. The highest BCUT2D eigenvalue weighted by Gasteiger charge is 2.12. The van der Waals surface area contributed by atoms with E-state index in [0.717, 1.165) is 19.3 Å². The van der Waals surface area contributed by atoms with Gasteiger partial charge in [0.15, 0.2) is 0 Å². The topological polar surface area (TPSA) is 66.8 Å². The van der Waals surface area contributed by atoms with Crippen molar-refractivity contribution in [3.05, 3.63) is 0 Å². The molecular weight excluding hydrogens is 431 g/mol. The van der Waals surface area contributed by atoms with Gasteiger partial charge in [0.05, 0.1) is 6.61 Å². The highest BCUT2D eigenvalue weighted by Crippen LogP contribution is 2.35. The van der Waals surface area contributed by atoms with E-state index in [1.807, 2.05) is 0 Å². The molecule has 0 rings (SSSR count). The van der Waals surface area contributed by atoms with Gasteiger partial charge in [-0.05, 0) is 6.42 Å². The maximum Gasteiger partial charge on any atom is 0.469 e. The number of unbranched alkanes of at least 4 members (excludes halogenated alkanes) is 22. The van der Waals surface area contributed by atoms with Crippen molar-refractivity contribution in [2.24, 2.45) is 0 Å². The molecule has 0 aliphatic rings. The second-order valence-electron chi connectivity index (χ2n) is 9.75. The molecule has 0 fully saturated rings. The van der Waals surface area contributed by atoms with Crippen molar-refractivity contribution >= 4 is 7.82 Å². The van der Waals surface area contributed by atoms with Crippen LogP contribution >= 0.6 is 7.82 Å². The zero-order chi connectivity index (χ0) is 24.9. The Balaban J connectivity index is 0. The summed E-state index contributed by atoms with van der Waals surface area (Å²) in [6.07, 6.45) is 32.4. The highest BCUT2D eigenvalue weighted by atomic mass is 31.2. The fourth-order valence-electron chi connectivity index (χ4n) is 4.04. The first-order chi connectivity index (χ1) is 16.0. The van der Waals surface area contributed by atoms with Crippen LogP contribution in [-0.4, -0.2) is 16.4 Å². The molecule has 0 saturated heterocycles. The molecule has 0 aromatic carbocycles. The Labute approximate surface area is 208 Å². The van der Waals surface area contributed by atoms with Gasteiger partial charge in [-0.15, -0.1) is 0 Å². The standard InChI is InChI=1S/C16H34.C12H27O4P/c1-3-5-7-9-11-13-15-16-14-12-10-8-6-4-2;1-2-3-4-5-6-7-8-9-10-11-12-16-17(13,14)15/h3-16H2,1-2H3;2-12H2,1H3,(H2,13,14,15). The van der Waals surface area contributed by atoms with Crippen molar-refractivity contribution < 1.29 is 18.9 Å². The average Bonchev–Trinajstić information content (AvgIpc) is 2.78. The van der Waals surface area contributed by atoms with E-state index >= 15 is 0 Å². The lowest BCUT2D eigenvalue weighted by atomic mass is 10.0. The van der Waals surface area contributed by atoms with Crippen molar-refractivity contribution in [1.82, 2.24) is 0 Å². The van der Waals surface area contributed by atoms with Crippen molar-refractivity contribution in [1.29, 1.82) is 0 Å². The molecule has 4 nitrogen and oxygen atoms in total. The van der Waals surface area contributed by atoms with E-state index in [1.165, 1.54) is 135 Å². The Hall–Kier alpha value is 0.110. The summed E-state index contributed by atoms with van der Waals surface area (Å²) in [5.74, 6) is 0. The van der Waals surface area contributed by atoms with Gasteiger partial charge in [0, 0.05) is 0 Å². The SMILES string of the molecule is CCCCCCCCCCCCCCCC.CCCCCCCCCCCCOP(=O)(O)O. The predicted octanol–water partition coefficient (Wildman–Crippen LogP) is 10.5. The van der Waals surface area contributed by atoms with Crippen LogP contribution in [0.1, 0.15) is 175 Å². The zero-order valence-electron chi connectivity index (χ0n) is 22.8. The Kier molecular flexibility index (Phi) is 32.2. The van der Waals surface area contributed by atoms with Gasteiger partial charge >= 0.3 is 7.82 Å². The van der Waals surface area contributed by atoms with Crippen LogP contribution < -0.4 is 0 Å². The van der Waals surface area contributed by atoms with Crippen LogP contribution in [-0.2, 0) is 9.09 Å². The molecule has 0 aromatic rings. The molecule has 0 aromatic heterocycles. The van der Waals surface area contributed by atoms with Crippen LogP contribution in [0.15, 0.2) is 0 Å². The number of hydrogen-bond donors (Lipinski definition) is 2. The lowest BCUT2D eigenvalue weighted by Gasteiger charge is -2.05. The Morgan fingerprint density at radius 1 is 0.424 bits per heavy atom. The lowest BCUT2D eigenvalue weighted by Crippen LogP contribution is -1.92. The summed E-state index contributed by atoms with van der Waals surface area (Å²) in [4.78, 5) is 16.9. The van der Waals surface area contributed by atoms with Crippen molar-refractivity contribution in [2.75, 3.05) is 6.61 Å². The number of phosphoric acid groups is 1. The minimum Gasteiger partial charge on any atom is -0.303 e. The molecule has 0 saturated carbocycles. The highest BCUT2D eigenvalue weighted by molar-refractivity contribution is 7.46. The second-order valence-corrected chi connectivity index (χ2v) is 11.0. The van der Waals surface area contributed by atoms with Crippen molar-refractivity contribution in [2.45, 2.75) is 175 Å². The van der Waals surface area contributed by atoms with Crippen LogP contribution in [0.2, 0.25) is 0 Å². The minimum absolute atomic E-state index is 0.167. The van der Waals surface area contributed by atoms with Gasteiger partial charge in [-0.25, -0.2) is 4.57 Å². The molecule has 5 heteroatoms. The zero-order valence-corrected chi connectivity index (χ0v) is 23.7. The molecule has 33 heavy (non-hydrogen) atoms. The molecular formula is C28H61O4P. The third-order valence-corrected chi connectivity index (χ3v) is 6.73. The predicted molar refractivity (Wildman–Crippen MR) is 146 cm³/mol. The van der Waals surface area contributed by atoms with E-state index in [2.05, 4.69) is 25.3 Å². The van der Waals surface area contributed by atoms with E-state index in [-0.39, 0.29) is 6.61 Å². The molecule has 0 radical (unpaired) electrons. The first-order valence-electron chi connectivity index (χ1n) is 14.7. The normalized spacial score (nSPS) is 11.4. The molecule has 0 atom stereocenters. The van der Waals surface area contributed by atoms with Gasteiger partial charge in [0.1, 0.15) is 0 Å². The van der Waals surface area contributed by atoms with Gasteiger partial charge in [0.2, 0.25) is 0 Å². The monoisotopic (exact) mass is 492 g/mol.